The smallest absolute Gasteiger partial charge is 0.0477 e. The van der Waals surface area contributed by atoms with Crippen molar-refractivity contribution < 1.29 is 4.74 Å². The predicted molar refractivity (Wildman–Crippen MR) is 67.7 cm³/mol. The van der Waals surface area contributed by atoms with E-state index < -0.39 is 0 Å². The van der Waals surface area contributed by atoms with E-state index >= 15 is 0 Å². The number of hydrogen-bond donors (Lipinski definition) is 1. The Balaban J connectivity index is 3.67. The number of alkyl halides is 1. The largest absolute Gasteiger partial charge is 0.382 e. The Hall–Kier alpha value is 0.210. The molecule has 0 aromatic rings. The van der Waals surface area contributed by atoms with Gasteiger partial charge in [-0.3, -0.25) is 0 Å². The summed E-state index contributed by atoms with van der Waals surface area (Å²) in [4.78, 5) is 0. The van der Waals surface area contributed by atoms with E-state index in [0.717, 1.165) is 38.5 Å². The zero-order chi connectivity index (χ0) is 11.7. The van der Waals surface area contributed by atoms with Gasteiger partial charge in [-0.2, -0.15) is 0 Å². The highest BCUT2D eigenvalue weighted by Crippen LogP contribution is 2.22. The summed E-state index contributed by atoms with van der Waals surface area (Å²) < 4.78 is 5.29. The molecule has 0 saturated carbocycles. The van der Waals surface area contributed by atoms with Gasteiger partial charge in [0.05, 0.1) is 0 Å². The van der Waals surface area contributed by atoms with Crippen LogP contribution in [0, 0.1) is 5.41 Å². The van der Waals surface area contributed by atoms with Crippen LogP contribution in [0.5, 0.6) is 0 Å². The Kier molecular flexibility index (Phi) is 8.49. The first-order valence-electron chi connectivity index (χ1n) is 5.89. The number of rotatable bonds is 8. The lowest BCUT2D eigenvalue weighted by Crippen LogP contribution is -2.41. The first-order chi connectivity index (χ1) is 7.02. The Morgan fingerprint density at radius 3 is 2.47 bits per heavy atom. The highest BCUT2D eigenvalue weighted by atomic mass is 35.5. The fraction of sp³-hybridized carbons (Fsp3) is 1.00. The summed E-state index contributed by atoms with van der Waals surface area (Å²) in [6, 6.07) is 0.497. The maximum atomic E-state index is 5.80. The third-order valence-electron chi connectivity index (χ3n) is 2.50. The maximum absolute atomic E-state index is 5.80. The van der Waals surface area contributed by atoms with Crippen molar-refractivity contribution in [2.75, 3.05) is 25.6 Å². The first-order valence-corrected chi connectivity index (χ1v) is 6.43. The molecule has 0 bridgehead atoms. The summed E-state index contributed by atoms with van der Waals surface area (Å²) in [7, 11) is 0. The van der Waals surface area contributed by atoms with Crippen LogP contribution < -0.4 is 5.32 Å². The molecule has 0 aliphatic carbocycles. The second-order valence-corrected chi connectivity index (χ2v) is 5.28. The molecule has 0 saturated heterocycles. The van der Waals surface area contributed by atoms with Gasteiger partial charge in [0.2, 0.25) is 0 Å². The Labute approximate surface area is 99.7 Å². The molecule has 0 radical (unpaired) electrons. The average Bonchev–Trinajstić information content (AvgIpc) is 2.14. The molecule has 0 heterocycles. The monoisotopic (exact) mass is 235 g/mol. The molecule has 1 unspecified atom stereocenters. The summed E-state index contributed by atoms with van der Waals surface area (Å²) in [6.45, 7) is 11.4. The molecule has 0 aromatic heterocycles. The minimum absolute atomic E-state index is 0.278. The van der Waals surface area contributed by atoms with Crippen molar-refractivity contribution in [3.8, 4) is 0 Å². The van der Waals surface area contributed by atoms with Crippen LogP contribution in [0.1, 0.15) is 40.5 Å². The number of halogens is 1. The van der Waals surface area contributed by atoms with Gasteiger partial charge in [0.25, 0.3) is 0 Å². The standard InChI is InChI=1S/C12H26ClNO/c1-5-15-10-6-9-14-11(7-8-13)12(2,3)4/h11,14H,5-10H2,1-4H3. The second-order valence-electron chi connectivity index (χ2n) is 4.90. The van der Waals surface area contributed by atoms with Crippen LogP contribution in [0.3, 0.4) is 0 Å². The van der Waals surface area contributed by atoms with E-state index in [0.29, 0.717) is 6.04 Å². The highest BCUT2D eigenvalue weighted by Gasteiger charge is 2.22. The minimum Gasteiger partial charge on any atom is -0.382 e. The van der Waals surface area contributed by atoms with Crippen LogP contribution in [0.25, 0.3) is 0 Å². The van der Waals surface area contributed by atoms with Crippen LogP contribution in [-0.4, -0.2) is 31.7 Å². The summed E-state index contributed by atoms with van der Waals surface area (Å²) >= 11 is 5.80. The third kappa shape index (κ3) is 8.06. The van der Waals surface area contributed by atoms with Crippen LogP contribution in [0.4, 0.5) is 0 Å². The van der Waals surface area contributed by atoms with Gasteiger partial charge in [-0.05, 0) is 31.7 Å². The quantitative estimate of drug-likeness (QED) is 0.516. The summed E-state index contributed by atoms with van der Waals surface area (Å²) in [6.07, 6.45) is 2.10. The van der Waals surface area contributed by atoms with Gasteiger partial charge < -0.3 is 10.1 Å². The Morgan fingerprint density at radius 2 is 2.00 bits per heavy atom. The fourth-order valence-electron chi connectivity index (χ4n) is 1.55. The zero-order valence-corrected chi connectivity index (χ0v) is 11.4. The molecular formula is C12H26ClNO. The van der Waals surface area contributed by atoms with Gasteiger partial charge in [0, 0.05) is 25.1 Å². The molecular weight excluding hydrogens is 210 g/mol. The van der Waals surface area contributed by atoms with Crippen molar-refractivity contribution in [2.24, 2.45) is 5.41 Å². The molecule has 0 aromatic carbocycles. The van der Waals surface area contributed by atoms with E-state index in [4.69, 9.17) is 16.3 Å². The van der Waals surface area contributed by atoms with Crippen molar-refractivity contribution >= 4 is 11.6 Å². The minimum atomic E-state index is 0.278. The lowest BCUT2D eigenvalue weighted by atomic mass is 9.85. The van der Waals surface area contributed by atoms with Gasteiger partial charge in [0.1, 0.15) is 0 Å². The van der Waals surface area contributed by atoms with Gasteiger partial charge in [-0.15, -0.1) is 11.6 Å². The topological polar surface area (TPSA) is 21.3 Å². The zero-order valence-electron chi connectivity index (χ0n) is 10.6. The van der Waals surface area contributed by atoms with Crippen molar-refractivity contribution in [3.05, 3.63) is 0 Å². The number of ether oxygens (including phenoxy) is 1. The predicted octanol–water partition coefficient (Wildman–Crippen LogP) is 3.05. The fourth-order valence-corrected chi connectivity index (χ4v) is 1.76. The van der Waals surface area contributed by atoms with Crippen LogP contribution in [0.15, 0.2) is 0 Å². The van der Waals surface area contributed by atoms with E-state index in [9.17, 15) is 0 Å². The Bertz CT molecular complexity index is 145. The number of hydrogen-bond acceptors (Lipinski definition) is 2. The lowest BCUT2D eigenvalue weighted by molar-refractivity contribution is 0.141. The molecule has 0 aliphatic rings. The highest BCUT2D eigenvalue weighted by molar-refractivity contribution is 6.17. The lowest BCUT2D eigenvalue weighted by Gasteiger charge is -2.31. The summed E-state index contributed by atoms with van der Waals surface area (Å²) in [5.74, 6) is 0.723. The van der Waals surface area contributed by atoms with E-state index in [-0.39, 0.29) is 5.41 Å². The molecule has 0 fully saturated rings. The molecule has 0 rings (SSSR count). The SMILES string of the molecule is CCOCCCNC(CCCl)C(C)(C)C. The molecule has 92 valence electrons. The van der Waals surface area contributed by atoms with Crippen LogP contribution in [-0.2, 0) is 4.74 Å². The molecule has 2 nitrogen and oxygen atoms in total. The van der Waals surface area contributed by atoms with Crippen molar-refractivity contribution in [3.63, 3.8) is 0 Å². The molecule has 0 spiro atoms. The molecule has 0 amide bonds. The number of nitrogens with one attached hydrogen (secondary N) is 1. The van der Waals surface area contributed by atoms with Crippen molar-refractivity contribution in [1.82, 2.24) is 5.32 Å². The first kappa shape index (κ1) is 15.2. The van der Waals surface area contributed by atoms with Crippen LogP contribution in [0.2, 0.25) is 0 Å². The average molecular weight is 236 g/mol. The van der Waals surface area contributed by atoms with E-state index in [1.54, 1.807) is 0 Å². The van der Waals surface area contributed by atoms with Gasteiger partial charge >= 0.3 is 0 Å². The normalized spacial score (nSPS) is 14.2. The molecule has 1 N–H and O–H groups in total. The van der Waals surface area contributed by atoms with Crippen LogP contribution >= 0.6 is 11.6 Å². The van der Waals surface area contributed by atoms with E-state index in [1.165, 1.54) is 0 Å². The van der Waals surface area contributed by atoms with Gasteiger partial charge in [-0.25, -0.2) is 0 Å². The van der Waals surface area contributed by atoms with E-state index in [1.807, 2.05) is 6.92 Å². The van der Waals surface area contributed by atoms with Crippen molar-refractivity contribution in [1.29, 1.82) is 0 Å². The van der Waals surface area contributed by atoms with Gasteiger partial charge in [0.15, 0.2) is 0 Å². The van der Waals surface area contributed by atoms with Crippen molar-refractivity contribution in [2.45, 2.75) is 46.6 Å². The van der Waals surface area contributed by atoms with Gasteiger partial charge in [-0.1, -0.05) is 20.8 Å². The molecule has 0 aliphatic heterocycles. The van der Waals surface area contributed by atoms with E-state index in [2.05, 4.69) is 26.1 Å². The Morgan fingerprint density at radius 1 is 1.33 bits per heavy atom. The molecule has 3 heteroatoms. The maximum Gasteiger partial charge on any atom is 0.0477 e. The molecule has 1 atom stereocenters. The molecule has 15 heavy (non-hydrogen) atoms. The summed E-state index contributed by atoms with van der Waals surface area (Å²) in [5.41, 5.74) is 0.278. The third-order valence-corrected chi connectivity index (χ3v) is 2.72. The second kappa shape index (κ2) is 8.37. The summed E-state index contributed by atoms with van der Waals surface area (Å²) in [5, 5.41) is 3.56.